The van der Waals surface area contributed by atoms with Gasteiger partial charge in [0.05, 0.1) is 11.0 Å². The van der Waals surface area contributed by atoms with E-state index >= 15 is 0 Å². The molecule has 0 spiro atoms. The third-order valence-corrected chi connectivity index (χ3v) is 4.52. The molecule has 0 saturated carbocycles. The van der Waals surface area contributed by atoms with Crippen molar-refractivity contribution in [1.29, 1.82) is 0 Å². The van der Waals surface area contributed by atoms with Crippen LogP contribution in [0.4, 0.5) is 0 Å². The Labute approximate surface area is 93.0 Å². The van der Waals surface area contributed by atoms with E-state index in [-0.39, 0.29) is 23.0 Å². The summed E-state index contributed by atoms with van der Waals surface area (Å²) in [5, 5.41) is 11.7. The Bertz CT molecular complexity index is 270. The zero-order valence-corrected chi connectivity index (χ0v) is 10.9. The zero-order valence-electron chi connectivity index (χ0n) is 10.1. The Balaban J connectivity index is 3.83. The Morgan fingerprint density at radius 2 is 1.87 bits per heavy atom. The van der Waals surface area contributed by atoms with Gasteiger partial charge in [-0.2, -0.15) is 0 Å². The lowest BCUT2D eigenvalue weighted by Crippen LogP contribution is -2.35. The molecule has 0 aliphatic heterocycles. The van der Waals surface area contributed by atoms with Crippen LogP contribution in [0, 0.1) is 5.41 Å². The van der Waals surface area contributed by atoms with Crippen molar-refractivity contribution in [2.24, 2.45) is 5.41 Å². The predicted molar refractivity (Wildman–Crippen MR) is 62.7 cm³/mol. The van der Waals surface area contributed by atoms with E-state index in [4.69, 9.17) is 5.11 Å². The maximum absolute atomic E-state index is 11.4. The third kappa shape index (κ3) is 6.12. The molecule has 0 fully saturated rings. The van der Waals surface area contributed by atoms with Crippen LogP contribution in [-0.2, 0) is 9.84 Å². The lowest BCUT2D eigenvalue weighted by Gasteiger charge is -2.22. The topological polar surface area (TPSA) is 66.4 Å². The van der Waals surface area contributed by atoms with E-state index in [1.807, 2.05) is 13.8 Å². The molecule has 0 heterocycles. The van der Waals surface area contributed by atoms with E-state index in [9.17, 15) is 8.42 Å². The van der Waals surface area contributed by atoms with Crippen LogP contribution in [0.1, 0.15) is 27.7 Å². The minimum Gasteiger partial charge on any atom is -0.396 e. The van der Waals surface area contributed by atoms with Crippen molar-refractivity contribution in [3.05, 3.63) is 0 Å². The first kappa shape index (κ1) is 14.9. The van der Waals surface area contributed by atoms with E-state index in [1.54, 1.807) is 13.8 Å². The molecule has 4 nitrogen and oxygen atoms in total. The summed E-state index contributed by atoms with van der Waals surface area (Å²) < 4.78 is 22.9. The lowest BCUT2D eigenvalue weighted by molar-refractivity contribution is 0.158. The van der Waals surface area contributed by atoms with Crippen molar-refractivity contribution in [1.82, 2.24) is 5.32 Å². The van der Waals surface area contributed by atoms with Gasteiger partial charge in [-0.1, -0.05) is 13.8 Å². The van der Waals surface area contributed by atoms with Crippen LogP contribution in [-0.4, -0.2) is 44.2 Å². The second-order valence-corrected chi connectivity index (χ2v) is 7.59. The highest BCUT2D eigenvalue weighted by atomic mass is 32.2. The molecule has 0 aliphatic rings. The van der Waals surface area contributed by atoms with Gasteiger partial charge in [0.2, 0.25) is 0 Å². The van der Waals surface area contributed by atoms with Gasteiger partial charge in [-0.15, -0.1) is 0 Å². The number of aliphatic hydroxyl groups excluding tert-OH is 1. The normalized spacial score (nSPS) is 13.5. The van der Waals surface area contributed by atoms with E-state index in [0.717, 1.165) is 0 Å². The van der Waals surface area contributed by atoms with Gasteiger partial charge in [0.1, 0.15) is 0 Å². The van der Waals surface area contributed by atoms with Gasteiger partial charge >= 0.3 is 0 Å². The minimum atomic E-state index is -2.95. The van der Waals surface area contributed by atoms with E-state index in [1.165, 1.54) is 0 Å². The standard InChI is InChI=1S/C10H23NO3S/c1-9(2)15(13,14)6-5-11-7-10(3,4)8-12/h9,11-12H,5-8H2,1-4H3. The fourth-order valence-corrected chi connectivity index (χ4v) is 1.83. The SMILES string of the molecule is CC(C)S(=O)(=O)CCNCC(C)(C)CO. The second kappa shape index (κ2) is 5.82. The smallest absolute Gasteiger partial charge is 0.153 e. The van der Waals surface area contributed by atoms with E-state index in [2.05, 4.69) is 5.32 Å². The van der Waals surface area contributed by atoms with Gasteiger partial charge < -0.3 is 10.4 Å². The number of hydrogen-bond acceptors (Lipinski definition) is 4. The van der Waals surface area contributed by atoms with Crippen molar-refractivity contribution < 1.29 is 13.5 Å². The Morgan fingerprint density at radius 3 is 2.27 bits per heavy atom. The fourth-order valence-electron chi connectivity index (χ4n) is 0.933. The van der Waals surface area contributed by atoms with Crippen LogP contribution in [0.25, 0.3) is 0 Å². The lowest BCUT2D eigenvalue weighted by atomic mass is 9.95. The molecule has 0 aliphatic carbocycles. The summed E-state index contributed by atoms with van der Waals surface area (Å²) in [7, 11) is -2.95. The average molecular weight is 237 g/mol. The van der Waals surface area contributed by atoms with E-state index in [0.29, 0.717) is 13.1 Å². The number of aliphatic hydroxyl groups is 1. The molecule has 0 unspecified atom stereocenters. The van der Waals surface area contributed by atoms with Crippen molar-refractivity contribution in [3.63, 3.8) is 0 Å². The summed E-state index contributed by atoms with van der Waals surface area (Å²) in [6.45, 7) is 8.39. The zero-order chi connectivity index (χ0) is 12.1. The summed E-state index contributed by atoms with van der Waals surface area (Å²) in [5.41, 5.74) is -0.193. The van der Waals surface area contributed by atoms with Crippen LogP contribution in [0.15, 0.2) is 0 Å². The first-order valence-corrected chi connectivity index (χ1v) is 6.96. The number of rotatable bonds is 7. The quantitative estimate of drug-likeness (QED) is 0.630. The highest BCUT2D eigenvalue weighted by molar-refractivity contribution is 7.92. The van der Waals surface area contributed by atoms with Gasteiger partial charge in [-0.25, -0.2) is 8.42 Å². The van der Waals surface area contributed by atoms with Crippen LogP contribution in [0.3, 0.4) is 0 Å². The Morgan fingerprint density at radius 1 is 1.33 bits per heavy atom. The van der Waals surface area contributed by atoms with Crippen molar-refractivity contribution >= 4 is 9.84 Å². The maximum atomic E-state index is 11.4. The summed E-state index contributed by atoms with van der Waals surface area (Å²) in [6.07, 6.45) is 0. The van der Waals surface area contributed by atoms with Crippen LogP contribution in [0.5, 0.6) is 0 Å². The average Bonchev–Trinajstić information content (AvgIpc) is 2.12. The number of nitrogens with one attached hydrogen (secondary N) is 1. The van der Waals surface area contributed by atoms with E-state index < -0.39 is 9.84 Å². The summed E-state index contributed by atoms with van der Waals surface area (Å²) in [4.78, 5) is 0. The van der Waals surface area contributed by atoms with Crippen LogP contribution in [0.2, 0.25) is 0 Å². The first-order chi connectivity index (χ1) is 6.71. The molecule has 0 rings (SSSR count). The Hall–Kier alpha value is -0.130. The fraction of sp³-hybridized carbons (Fsp3) is 1.00. The largest absolute Gasteiger partial charge is 0.396 e. The van der Waals surface area contributed by atoms with Crippen LogP contribution >= 0.6 is 0 Å². The van der Waals surface area contributed by atoms with Crippen molar-refractivity contribution in [2.45, 2.75) is 32.9 Å². The molecule has 0 atom stereocenters. The van der Waals surface area contributed by atoms with Crippen LogP contribution < -0.4 is 5.32 Å². The highest BCUT2D eigenvalue weighted by Crippen LogP contribution is 2.10. The second-order valence-electron chi connectivity index (χ2n) is 4.91. The monoisotopic (exact) mass is 237 g/mol. The molecule has 15 heavy (non-hydrogen) atoms. The molecule has 2 N–H and O–H groups in total. The first-order valence-electron chi connectivity index (χ1n) is 5.24. The highest BCUT2D eigenvalue weighted by Gasteiger charge is 2.18. The molecule has 0 bridgehead atoms. The van der Waals surface area contributed by atoms with Gasteiger partial charge in [-0.3, -0.25) is 0 Å². The van der Waals surface area contributed by atoms with Crippen molar-refractivity contribution in [3.8, 4) is 0 Å². The molecule has 5 heteroatoms. The molecule has 0 aromatic heterocycles. The molecule has 0 radical (unpaired) electrons. The third-order valence-electron chi connectivity index (χ3n) is 2.31. The summed E-state index contributed by atoms with van der Waals surface area (Å²) in [5.74, 6) is 0.159. The predicted octanol–water partition coefficient (Wildman–Crippen LogP) is 0.418. The molecular weight excluding hydrogens is 214 g/mol. The molecule has 92 valence electrons. The number of sulfone groups is 1. The van der Waals surface area contributed by atoms with Gasteiger partial charge in [0.25, 0.3) is 0 Å². The molecular formula is C10H23NO3S. The summed E-state index contributed by atoms with van der Waals surface area (Å²) >= 11 is 0. The Kier molecular flexibility index (Phi) is 5.77. The maximum Gasteiger partial charge on any atom is 0.153 e. The summed E-state index contributed by atoms with van der Waals surface area (Å²) in [6, 6.07) is 0. The molecule has 0 aromatic carbocycles. The van der Waals surface area contributed by atoms with Gasteiger partial charge in [0.15, 0.2) is 9.84 Å². The molecule has 0 amide bonds. The molecule has 0 saturated heterocycles. The minimum absolute atomic E-state index is 0.0942. The number of hydrogen-bond donors (Lipinski definition) is 2. The van der Waals surface area contributed by atoms with Crippen molar-refractivity contribution in [2.75, 3.05) is 25.4 Å². The van der Waals surface area contributed by atoms with Gasteiger partial charge in [0, 0.05) is 25.1 Å². The molecule has 0 aromatic rings. The van der Waals surface area contributed by atoms with Gasteiger partial charge in [-0.05, 0) is 13.8 Å².